The maximum atomic E-state index is 13.5. The second kappa shape index (κ2) is 9.99. The third kappa shape index (κ3) is 5.28. The van der Waals surface area contributed by atoms with Gasteiger partial charge in [0.15, 0.2) is 0 Å². The van der Waals surface area contributed by atoms with Gasteiger partial charge in [0.2, 0.25) is 5.03 Å². The molecule has 1 saturated heterocycles. The minimum Gasteiger partial charge on any atom is -0.293 e. The molecule has 0 unspecified atom stereocenters. The minimum absolute atomic E-state index is 0.0176. The van der Waals surface area contributed by atoms with Crippen LogP contribution in [0.4, 0.5) is 17.6 Å². The van der Waals surface area contributed by atoms with E-state index in [0.717, 1.165) is 34.4 Å². The zero-order valence-corrected chi connectivity index (χ0v) is 22.3. The highest BCUT2D eigenvalue weighted by Gasteiger charge is 2.42. The Morgan fingerprint density at radius 2 is 1.79 bits per heavy atom. The maximum Gasteiger partial charge on any atom is 0.392 e. The van der Waals surface area contributed by atoms with Gasteiger partial charge in [0.25, 0.3) is 10.0 Å². The van der Waals surface area contributed by atoms with Crippen molar-refractivity contribution in [1.82, 2.24) is 34.0 Å². The molecule has 1 aliphatic rings. The Bertz CT molecular complexity index is 1600. The average molecular weight is 566 g/mol. The smallest absolute Gasteiger partial charge is 0.293 e. The van der Waals surface area contributed by atoms with Gasteiger partial charge in [-0.2, -0.15) is 32.5 Å². The Hall–Kier alpha value is -3.36. The van der Waals surface area contributed by atoms with Gasteiger partial charge in [-0.25, -0.2) is 17.5 Å². The Labute approximate surface area is 222 Å². The zero-order chi connectivity index (χ0) is 28.1. The summed E-state index contributed by atoms with van der Waals surface area (Å²) >= 11 is 0. The summed E-state index contributed by atoms with van der Waals surface area (Å²) in [5, 5.41) is 12.7. The van der Waals surface area contributed by atoms with Crippen LogP contribution in [0.15, 0.2) is 53.8 Å². The number of benzene rings is 2. The van der Waals surface area contributed by atoms with Crippen molar-refractivity contribution in [3.05, 3.63) is 65.7 Å². The Morgan fingerprint density at radius 1 is 1.08 bits per heavy atom. The van der Waals surface area contributed by atoms with Crippen LogP contribution in [-0.2, 0) is 17.1 Å². The lowest BCUT2D eigenvalue weighted by Gasteiger charge is -2.42. The van der Waals surface area contributed by atoms with E-state index in [2.05, 4.69) is 15.3 Å². The van der Waals surface area contributed by atoms with E-state index in [1.165, 1.54) is 23.5 Å². The highest BCUT2D eigenvalue weighted by atomic mass is 32.2. The van der Waals surface area contributed by atoms with Gasteiger partial charge in [0.05, 0.1) is 29.5 Å². The highest BCUT2D eigenvalue weighted by molar-refractivity contribution is 7.89. The molecular weight excluding hydrogens is 538 g/mol. The van der Waals surface area contributed by atoms with Crippen LogP contribution in [0.2, 0.25) is 0 Å². The van der Waals surface area contributed by atoms with Gasteiger partial charge in [-0.3, -0.25) is 4.90 Å². The molecule has 5 rings (SSSR count). The molecule has 0 amide bonds. The predicted octanol–water partition coefficient (Wildman–Crippen LogP) is 3.85. The van der Waals surface area contributed by atoms with E-state index in [-0.39, 0.29) is 37.0 Å². The molecular formula is C25H27F4N7O2S. The SMILES string of the molecule is Cc1cc2c(cnn2-c2ccc(F)cc2)cc1[C@H]1CN(S(=O)(=O)c2cnn(C)n2)CCN1C[C@H](C)C(F)(F)F. The van der Waals surface area contributed by atoms with Crippen LogP contribution in [-0.4, -0.2) is 74.8 Å². The van der Waals surface area contributed by atoms with Gasteiger partial charge in [0.1, 0.15) is 5.82 Å². The third-order valence-corrected chi connectivity index (χ3v) is 8.82. The number of fused-ring (bicyclic) bond motifs is 1. The van der Waals surface area contributed by atoms with Crippen LogP contribution >= 0.6 is 0 Å². The van der Waals surface area contributed by atoms with E-state index in [4.69, 9.17) is 0 Å². The standard InChI is InChI=1S/C25H27F4N7O2S/c1-16-10-22-18(12-31-36(22)20-6-4-19(26)5-7-20)11-21(16)23-15-35(39(37,38)24-13-30-33(3)32-24)9-8-34(23)14-17(2)25(27,28)29/h4-7,10-13,17,23H,8-9,14-15H2,1-3H3/t17-,23+/m0/s1. The monoisotopic (exact) mass is 565 g/mol. The Kier molecular flexibility index (Phi) is 6.97. The first-order valence-corrected chi connectivity index (χ1v) is 13.7. The first-order valence-electron chi connectivity index (χ1n) is 12.3. The normalized spacial score (nSPS) is 18.6. The highest BCUT2D eigenvalue weighted by Crippen LogP contribution is 2.36. The van der Waals surface area contributed by atoms with Crippen LogP contribution in [0.25, 0.3) is 16.6 Å². The summed E-state index contributed by atoms with van der Waals surface area (Å²) in [5.74, 6) is -1.98. The summed E-state index contributed by atoms with van der Waals surface area (Å²) in [7, 11) is -2.51. The fourth-order valence-corrected chi connectivity index (χ4v) is 6.23. The van der Waals surface area contributed by atoms with E-state index < -0.39 is 28.2 Å². The quantitative estimate of drug-likeness (QED) is 0.330. The molecule has 4 aromatic rings. The van der Waals surface area contributed by atoms with Crippen molar-refractivity contribution in [2.75, 3.05) is 26.2 Å². The van der Waals surface area contributed by atoms with Crippen LogP contribution in [0, 0.1) is 18.7 Å². The summed E-state index contributed by atoms with van der Waals surface area (Å²) in [6.07, 6.45) is -1.60. The molecule has 2 aromatic heterocycles. The molecule has 0 N–H and O–H groups in total. The molecule has 2 aromatic carbocycles. The number of hydrogen-bond donors (Lipinski definition) is 0. The van der Waals surface area contributed by atoms with Crippen LogP contribution in [0.1, 0.15) is 24.1 Å². The lowest BCUT2D eigenvalue weighted by Crippen LogP contribution is -2.52. The Morgan fingerprint density at radius 3 is 2.44 bits per heavy atom. The molecule has 9 nitrogen and oxygen atoms in total. The van der Waals surface area contributed by atoms with Crippen molar-refractivity contribution in [1.29, 1.82) is 0 Å². The molecule has 0 aliphatic carbocycles. The second-order valence-corrected chi connectivity index (χ2v) is 11.7. The molecule has 0 spiro atoms. The minimum atomic E-state index is -4.39. The van der Waals surface area contributed by atoms with E-state index >= 15 is 0 Å². The summed E-state index contributed by atoms with van der Waals surface area (Å²) in [5.41, 5.74) is 2.85. The van der Waals surface area contributed by atoms with Crippen molar-refractivity contribution in [2.45, 2.75) is 31.1 Å². The van der Waals surface area contributed by atoms with Crippen LogP contribution in [0.5, 0.6) is 0 Å². The van der Waals surface area contributed by atoms with Gasteiger partial charge >= 0.3 is 6.18 Å². The first kappa shape index (κ1) is 27.2. The average Bonchev–Trinajstić information content (AvgIpc) is 3.50. The van der Waals surface area contributed by atoms with Gasteiger partial charge < -0.3 is 0 Å². The largest absolute Gasteiger partial charge is 0.392 e. The number of rotatable bonds is 6. The van der Waals surface area contributed by atoms with Crippen molar-refractivity contribution in [3.63, 3.8) is 0 Å². The fourth-order valence-electron chi connectivity index (χ4n) is 4.90. The van der Waals surface area contributed by atoms with Crippen LogP contribution in [0.3, 0.4) is 0 Å². The van der Waals surface area contributed by atoms with Crippen LogP contribution < -0.4 is 0 Å². The third-order valence-electron chi connectivity index (χ3n) is 7.09. The molecule has 3 heterocycles. The molecule has 14 heteroatoms. The molecule has 1 fully saturated rings. The summed E-state index contributed by atoms with van der Waals surface area (Å²) < 4.78 is 83.5. The number of aryl methyl sites for hydroxylation is 2. The number of alkyl halides is 3. The molecule has 39 heavy (non-hydrogen) atoms. The maximum absolute atomic E-state index is 13.5. The molecule has 2 atom stereocenters. The first-order chi connectivity index (χ1) is 18.3. The van der Waals surface area contributed by atoms with E-state index in [9.17, 15) is 26.0 Å². The van der Waals surface area contributed by atoms with E-state index in [1.807, 2.05) is 19.1 Å². The molecule has 1 aliphatic heterocycles. The lowest BCUT2D eigenvalue weighted by atomic mass is 9.95. The topological polar surface area (TPSA) is 89.2 Å². The number of aromatic nitrogens is 5. The Balaban J connectivity index is 1.54. The molecule has 0 saturated carbocycles. The number of hydrogen-bond acceptors (Lipinski definition) is 6. The number of halogens is 4. The van der Waals surface area contributed by atoms with E-state index in [0.29, 0.717) is 11.3 Å². The fraction of sp³-hybridized carbons (Fsp3) is 0.400. The number of piperazine rings is 1. The summed E-state index contributed by atoms with van der Waals surface area (Å²) in [6, 6.07) is 8.92. The van der Waals surface area contributed by atoms with Gasteiger partial charge in [-0.1, -0.05) is 6.92 Å². The lowest BCUT2D eigenvalue weighted by molar-refractivity contribution is -0.176. The van der Waals surface area contributed by atoms with Gasteiger partial charge in [0, 0.05) is 44.7 Å². The zero-order valence-electron chi connectivity index (χ0n) is 21.5. The summed E-state index contributed by atoms with van der Waals surface area (Å²) in [4.78, 5) is 2.84. The van der Waals surface area contributed by atoms with Gasteiger partial charge in [-0.15, -0.1) is 5.10 Å². The van der Waals surface area contributed by atoms with Crippen molar-refractivity contribution in [2.24, 2.45) is 13.0 Å². The van der Waals surface area contributed by atoms with Crippen molar-refractivity contribution < 1.29 is 26.0 Å². The molecule has 208 valence electrons. The molecule has 0 bridgehead atoms. The van der Waals surface area contributed by atoms with Crippen molar-refractivity contribution >= 4 is 20.9 Å². The second-order valence-electron chi connectivity index (χ2n) is 9.79. The van der Waals surface area contributed by atoms with Gasteiger partial charge in [-0.05, 0) is 54.4 Å². The number of nitrogens with zero attached hydrogens (tertiary/aromatic N) is 7. The van der Waals surface area contributed by atoms with Crippen molar-refractivity contribution in [3.8, 4) is 5.69 Å². The van der Waals surface area contributed by atoms with E-state index in [1.54, 1.807) is 27.9 Å². The molecule has 0 radical (unpaired) electrons. The summed E-state index contributed by atoms with van der Waals surface area (Å²) in [6.45, 7) is 2.75. The predicted molar refractivity (Wildman–Crippen MR) is 135 cm³/mol. The number of sulfonamides is 1.